The highest BCUT2D eigenvalue weighted by Crippen LogP contribution is 2.29. The summed E-state index contributed by atoms with van der Waals surface area (Å²) in [5, 5.41) is 14.0. The van der Waals surface area contributed by atoms with E-state index in [4.69, 9.17) is 4.52 Å². The van der Waals surface area contributed by atoms with Crippen molar-refractivity contribution in [3.8, 4) is 0 Å². The number of rotatable bonds is 3. The lowest BCUT2D eigenvalue weighted by molar-refractivity contribution is 0.166. The van der Waals surface area contributed by atoms with Gasteiger partial charge >= 0.3 is 0 Å². The van der Waals surface area contributed by atoms with Gasteiger partial charge in [0.15, 0.2) is 5.82 Å². The zero-order chi connectivity index (χ0) is 13.2. The molecule has 2 aromatic rings. The van der Waals surface area contributed by atoms with Crippen molar-refractivity contribution in [3.05, 3.63) is 35.2 Å². The Morgan fingerprint density at radius 2 is 2.32 bits per heavy atom. The van der Waals surface area contributed by atoms with Gasteiger partial charge in [0.05, 0.1) is 6.10 Å². The zero-order valence-corrected chi connectivity index (χ0v) is 11.2. The van der Waals surface area contributed by atoms with Crippen LogP contribution in [0.1, 0.15) is 55.1 Å². The highest BCUT2D eigenvalue weighted by atomic mass is 16.5. The molecular weight excluding hydrogens is 242 g/mol. The normalized spacial score (nSPS) is 19.2. The first-order valence-electron chi connectivity index (χ1n) is 6.94. The van der Waals surface area contributed by atoms with Crippen LogP contribution >= 0.6 is 0 Å². The van der Waals surface area contributed by atoms with E-state index in [0.717, 1.165) is 43.5 Å². The molecule has 0 saturated heterocycles. The first-order chi connectivity index (χ1) is 9.26. The van der Waals surface area contributed by atoms with Gasteiger partial charge in [-0.15, -0.1) is 0 Å². The maximum absolute atomic E-state index is 10.1. The minimum absolute atomic E-state index is 0.326. The Labute approximate surface area is 112 Å². The fourth-order valence-corrected chi connectivity index (χ4v) is 2.64. The summed E-state index contributed by atoms with van der Waals surface area (Å²) in [6.45, 7) is 2.58. The largest absolute Gasteiger partial charge is 0.388 e. The molecule has 0 aromatic carbocycles. The molecule has 19 heavy (non-hydrogen) atoms. The number of aliphatic hydroxyl groups is 1. The molecule has 0 fully saturated rings. The lowest BCUT2D eigenvalue weighted by atomic mass is 10.1. The summed E-state index contributed by atoms with van der Waals surface area (Å²) in [7, 11) is 0. The molecule has 5 nitrogen and oxygen atoms in total. The Bertz CT molecular complexity index is 559. The smallest absolute Gasteiger partial charge is 0.246 e. The minimum atomic E-state index is -0.326. The van der Waals surface area contributed by atoms with Crippen molar-refractivity contribution in [2.75, 3.05) is 0 Å². The van der Waals surface area contributed by atoms with Crippen LogP contribution in [0.15, 0.2) is 16.9 Å². The van der Waals surface area contributed by atoms with Gasteiger partial charge in [0.25, 0.3) is 0 Å². The van der Waals surface area contributed by atoms with E-state index in [1.165, 1.54) is 5.56 Å². The minimum Gasteiger partial charge on any atom is -0.388 e. The lowest BCUT2D eigenvalue weighted by Crippen LogP contribution is -1.98. The van der Waals surface area contributed by atoms with Gasteiger partial charge in [0, 0.05) is 24.4 Å². The van der Waals surface area contributed by atoms with Gasteiger partial charge in [-0.3, -0.25) is 0 Å². The van der Waals surface area contributed by atoms with Crippen LogP contribution in [0, 0.1) is 0 Å². The fraction of sp³-hybridized carbons (Fsp3) is 0.571. The van der Waals surface area contributed by atoms with Crippen LogP contribution in [-0.2, 0) is 19.4 Å². The molecular formula is C14H19N3O2. The van der Waals surface area contributed by atoms with E-state index < -0.39 is 0 Å². The summed E-state index contributed by atoms with van der Waals surface area (Å²) < 4.78 is 7.23. The van der Waals surface area contributed by atoms with Gasteiger partial charge < -0.3 is 14.2 Å². The summed E-state index contributed by atoms with van der Waals surface area (Å²) in [5.74, 6) is 1.36. The standard InChI is InChI=1S/C14H19N3O2/c1-2-13-15-14(19-16-13)9-17-7-10-5-3-4-6-12(18)11(10)8-17/h7-8,12,18H,2-6,9H2,1H3. The highest BCUT2D eigenvalue weighted by Gasteiger charge is 2.19. The van der Waals surface area contributed by atoms with Crippen LogP contribution in [0.4, 0.5) is 0 Å². The molecule has 0 amide bonds. The average Bonchev–Trinajstić information content (AvgIpc) is 2.98. The quantitative estimate of drug-likeness (QED) is 0.861. The van der Waals surface area contributed by atoms with Crippen LogP contribution in [0.25, 0.3) is 0 Å². The molecule has 1 unspecified atom stereocenters. The number of nitrogens with zero attached hydrogens (tertiary/aromatic N) is 3. The number of hydrogen-bond donors (Lipinski definition) is 1. The predicted molar refractivity (Wildman–Crippen MR) is 69.7 cm³/mol. The molecule has 0 radical (unpaired) electrons. The third-order valence-corrected chi connectivity index (χ3v) is 3.67. The van der Waals surface area contributed by atoms with Gasteiger partial charge in [0.2, 0.25) is 5.89 Å². The molecule has 1 atom stereocenters. The third-order valence-electron chi connectivity index (χ3n) is 3.67. The maximum atomic E-state index is 10.1. The molecule has 0 saturated carbocycles. The van der Waals surface area contributed by atoms with E-state index in [1.807, 2.05) is 17.7 Å². The van der Waals surface area contributed by atoms with Crippen LogP contribution < -0.4 is 0 Å². The SMILES string of the molecule is CCc1noc(Cn2cc3c(c2)C(O)CCCC3)n1. The van der Waals surface area contributed by atoms with Crippen molar-refractivity contribution in [1.29, 1.82) is 0 Å². The van der Waals surface area contributed by atoms with E-state index >= 15 is 0 Å². The number of aryl methyl sites for hydroxylation is 2. The highest BCUT2D eigenvalue weighted by molar-refractivity contribution is 5.28. The first-order valence-corrected chi connectivity index (χ1v) is 6.94. The topological polar surface area (TPSA) is 64.1 Å². The van der Waals surface area contributed by atoms with Crippen molar-refractivity contribution in [1.82, 2.24) is 14.7 Å². The predicted octanol–water partition coefficient (Wildman–Crippen LogP) is 2.24. The molecule has 5 heteroatoms. The lowest BCUT2D eigenvalue weighted by Gasteiger charge is -2.05. The van der Waals surface area contributed by atoms with Crippen molar-refractivity contribution in [3.63, 3.8) is 0 Å². The van der Waals surface area contributed by atoms with Gasteiger partial charge in [-0.05, 0) is 24.8 Å². The number of fused-ring (bicyclic) bond motifs is 1. The molecule has 2 aromatic heterocycles. The van der Waals surface area contributed by atoms with Gasteiger partial charge in [0.1, 0.15) is 6.54 Å². The molecule has 2 heterocycles. The molecule has 102 valence electrons. The van der Waals surface area contributed by atoms with Crippen LogP contribution in [0.5, 0.6) is 0 Å². The van der Waals surface area contributed by atoms with E-state index in [1.54, 1.807) is 0 Å². The van der Waals surface area contributed by atoms with Crippen LogP contribution in [-0.4, -0.2) is 19.8 Å². The molecule has 0 spiro atoms. The fourth-order valence-electron chi connectivity index (χ4n) is 2.64. The van der Waals surface area contributed by atoms with E-state index in [9.17, 15) is 5.11 Å². The van der Waals surface area contributed by atoms with Crippen molar-refractivity contribution >= 4 is 0 Å². The Morgan fingerprint density at radius 3 is 3.11 bits per heavy atom. The zero-order valence-electron chi connectivity index (χ0n) is 11.2. The van der Waals surface area contributed by atoms with Crippen LogP contribution in [0.3, 0.4) is 0 Å². The van der Waals surface area contributed by atoms with Crippen molar-refractivity contribution < 1.29 is 9.63 Å². The molecule has 1 aliphatic carbocycles. The Kier molecular flexibility index (Phi) is 3.38. The Morgan fingerprint density at radius 1 is 1.42 bits per heavy atom. The number of hydrogen-bond acceptors (Lipinski definition) is 4. The second-order valence-electron chi connectivity index (χ2n) is 5.13. The average molecular weight is 261 g/mol. The summed E-state index contributed by atoms with van der Waals surface area (Å²) in [6.07, 6.45) is 8.72. The van der Waals surface area contributed by atoms with E-state index in [0.29, 0.717) is 12.4 Å². The monoisotopic (exact) mass is 261 g/mol. The van der Waals surface area contributed by atoms with Gasteiger partial charge in [-0.25, -0.2) is 0 Å². The van der Waals surface area contributed by atoms with Crippen LogP contribution in [0.2, 0.25) is 0 Å². The van der Waals surface area contributed by atoms with Crippen molar-refractivity contribution in [2.24, 2.45) is 0 Å². The number of aliphatic hydroxyl groups excluding tert-OH is 1. The Balaban J connectivity index is 1.80. The molecule has 3 rings (SSSR count). The molecule has 1 aliphatic rings. The number of aromatic nitrogens is 3. The maximum Gasteiger partial charge on any atom is 0.246 e. The van der Waals surface area contributed by atoms with Crippen molar-refractivity contribution in [2.45, 2.75) is 51.7 Å². The van der Waals surface area contributed by atoms with Gasteiger partial charge in [-0.2, -0.15) is 4.98 Å². The molecule has 1 N–H and O–H groups in total. The Hall–Kier alpha value is -1.62. The third kappa shape index (κ3) is 2.56. The summed E-state index contributed by atoms with van der Waals surface area (Å²) >= 11 is 0. The summed E-state index contributed by atoms with van der Waals surface area (Å²) in [4.78, 5) is 4.31. The molecule has 0 aliphatic heterocycles. The van der Waals surface area contributed by atoms with E-state index in [2.05, 4.69) is 16.3 Å². The second kappa shape index (κ2) is 5.17. The first kappa shape index (κ1) is 12.4. The molecule has 0 bridgehead atoms. The van der Waals surface area contributed by atoms with E-state index in [-0.39, 0.29) is 6.10 Å². The summed E-state index contributed by atoms with van der Waals surface area (Å²) in [6, 6.07) is 0. The van der Waals surface area contributed by atoms with Gasteiger partial charge in [-0.1, -0.05) is 18.5 Å². The summed E-state index contributed by atoms with van der Waals surface area (Å²) in [5.41, 5.74) is 2.31. The second-order valence-corrected chi connectivity index (χ2v) is 5.13.